The predicted octanol–water partition coefficient (Wildman–Crippen LogP) is 5.16. The summed E-state index contributed by atoms with van der Waals surface area (Å²) in [4.78, 5) is 29.9. The van der Waals surface area contributed by atoms with Crippen molar-refractivity contribution in [3.05, 3.63) is 44.8 Å². The molecule has 2 aromatic heterocycles. The lowest BCUT2D eigenvalue weighted by molar-refractivity contribution is 0.0186. The van der Waals surface area contributed by atoms with E-state index >= 15 is 0 Å². The number of thiophene rings is 1. The summed E-state index contributed by atoms with van der Waals surface area (Å²) in [6, 6.07) is 8.03. The lowest BCUT2D eigenvalue weighted by Crippen LogP contribution is -2.42. The molecule has 8 heteroatoms. The number of rotatable bonds is 4. The van der Waals surface area contributed by atoms with E-state index in [1.165, 1.54) is 0 Å². The van der Waals surface area contributed by atoms with Crippen molar-refractivity contribution >= 4 is 39.3 Å². The number of hydrogen-bond donors (Lipinski definition) is 0. The van der Waals surface area contributed by atoms with Crippen molar-refractivity contribution in [2.24, 2.45) is 0 Å². The highest BCUT2D eigenvalue weighted by Gasteiger charge is 2.29. The molecule has 0 unspecified atom stereocenters. The van der Waals surface area contributed by atoms with Gasteiger partial charge in [0.15, 0.2) is 0 Å². The fourth-order valence-electron chi connectivity index (χ4n) is 3.48. The Balaban J connectivity index is 1.61. The number of carbonyl (C=O) groups is 2. The van der Waals surface area contributed by atoms with Crippen LogP contribution in [0, 0.1) is 0 Å². The van der Waals surface area contributed by atoms with E-state index in [0.717, 1.165) is 21.5 Å². The molecule has 0 spiro atoms. The number of carbonyl (C=O) groups excluding carboxylic acids is 2. The minimum Gasteiger partial charge on any atom is -0.444 e. The number of aromatic nitrogens is 1. The van der Waals surface area contributed by atoms with Gasteiger partial charge < -0.3 is 19.1 Å². The highest BCUT2D eigenvalue weighted by atomic mass is 79.9. The van der Waals surface area contributed by atoms with Crippen LogP contribution in [0.3, 0.4) is 0 Å². The van der Waals surface area contributed by atoms with Gasteiger partial charge in [-0.2, -0.15) is 0 Å². The Morgan fingerprint density at radius 1 is 1.24 bits per heavy atom. The number of hydrogen-bond acceptors (Lipinski definition) is 4. The van der Waals surface area contributed by atoms with Crippen molar-refractivity contribution in [2.45, 2.75) is 51.8 Å². The Kier molecular flexibility index (Phi) is 6.73. The van der Waals surface area contributed by atoms with Gasteiger partial charge in [0, 0.05) is 37.3 Å². The van der Waals surface area contributed by atoms with Crippen molar-refractivity contribution in [3.8, 4) is 0 Å². The molecule has 29 heavy (non-hydrogen) atoms. The van der Waals surface area contributed by atoms with Crippen LogP contribution in [0.2, 0.25) is 0 Å². The Bertz CT molecular complexity index is 863. The molecule has 3 heterocycles. The maximum Gasteiger partial charge on any atom is 0.410 e. The fraction of sp³-hybridized carbons (Fsp3) is 0.524. The van der Waals surface area contributed by atoms with Crippen LogP contribution < -0.4 is 0 Å². The molecule has 0 bridgehead atoms. The molecule has 2 amide bonds. The summed E-state index contributed by atoms with van der Waals surface area (Å²) >= 11 is 5.10. The zero-order chi connectivity index (χ0) is 21.2. The molecular weight excluding hydrogens is 454 g/mol. The smallest absolute Gasteiger partial charge is 0.410 e. The lowest BCUT2D eigenvalue weighted by Gasteiger charge is -2.34. The molecule has 1 fully saturated rings. The van der Waals surface area contributed by atoms with Crippen molar-refractivity contribution in [1.29, 1.82) is 0 Å². The molecule has 0 saturated carbocycles. The van der Waals surface area contributed by atoms with Crippen LogP contribution >= 0.6 is 27.3 Å². The number of likely N-dealkylation sites (tertiary alicyclic amines) is 1. The largest absolute Gasteiger partial charge is 0.444 e. The maximum atomic E-state index is 13.0. The highest BCUT2D eigenvalue weighted by Crippen LogP contribution is 2.27. The molecule has 1 aliphatic rings. The van der Waals surface area contributed by atoms with Gasteiger partial charge in [-0.25, -0.2) is 4.79 Å². The average molecular weight is 482 g/mol. The van der Waals surface area contributed by atoms with E-state index in [9.17, 15) is 9.59 Å². The first kappa shape index (κ1) is 21.9. The SMILES string of the molecule is CN(Cc1ccc(Br)s1)C(=O)c1cccn1C1CCN(C(=O)OC(C)(C)C)CC1. The molecule has 0 radical (unpaired) electrons. The zero-order valence-corrected chi connectivity index (χ0v) is 19.8. The van der Waals surface area contributed by atoms with Crippen LogP contribution in [0.1, 0.15) is 55.0 Å². The summed E-state index contributed by atoms with van der Waals surface area (Å²) in [7, 11) is 1.83. The van der Waals surface area contributed by atoms with E-state index < -0.39 is 5.60 Å². The molecule has 6 nitrogen and oxygen atoms in total. The van der Waals surface area contributed by atoms with E-state index in [2.05, 4.69) is 20.5 Å². The normalized spacial score (nSPS) is 15.4. The van der Waals surface area contributed by atoms with Crippen molar-refractivity contribution < 1.29 is 14.3 Å². The molecule has 2 aromatic rings. The second kappa shape index (κ2) is 8.92. The van der Waals surface area contributed by atoms with E-state index in [4.69, 9.17) is 4.74 Å². The molecule has 1 aliphatic heterocycles. The standard InChI is InChI=1S/C21H28BrN3O3S/c1-21(2,3)28-20(27)24-12-9-15(10-13-24)25-11-5-6-17(25)19(26)23(4)14-16-7-8-18(22)29-16/h5-8,11,15H,9-10,12-14H2,1-4H3. The van der Waals surface area contributed by atoms with E-state index in [1.807, 2.05) is 58.3 Å². The van der Waals surface area contributed by atoms with Gasteiger partial charge in [-0.3, -0.25) is 4.79 Å². The van der Waals surface area contributed by atoms with Gasteiger partial charge in [0.2, 0.25) is 0 Å². The van der Waals surface area contributed by atoms with Crippen molar-refractivity contribution in [2.75, 3.05) is 20.1 Å². The third-order valence-corrected chi connectivity index (χ3v) is 6.48. The number of amides is 2. The van der Waals surface area contributed by atoms with E-state index in [0.29, 0.717) is 25.3 Å². The summed E-state index contributed by atoms with van der Waals surface area (Å²) in [5.74, 6) is 0.00842. The third-order valence-electron chi connectivity index (χ3n) is 4.88. The van der Waals surface area contributed by atoms with Crippen LogP contribution in [0.25, 0.3) is 0 Å². The van der Waals surface area contributed by atoms with Crippen LogP contribution in [0.4, 0.5) is 4.79 Å². The molecule has 0 atom stereocenters. The van der Waals surface area contributed by atoms with Crippen LogP contribution in [-0.2, 0) is 11.3 Å². The van der Waals surface area contributed by atoms with Gasteiger partial charge in [0.05, 0.1) is 10.3 Å². The van der Waals surface area contributed by atoms with Gasteiger partial charge in [-0.1, -0.05) is 0 Å². The molecule has 158 valence electrons. The van der Waals surface area contributed by atoms with E-state index in [-0.39, 0.29) is 18.0 Å². The van der Waals surface area contributed by atoms with Crippen LogP contribution in [0.5, 0.6) is 0 Å². The van der Waals surface area contributed by atoms with Gasteiger partial charge in [0.25, 0.3) is 5.91 Å². The highest BCUT2D eigenvalue weighted by molar-refractivity contribution is 9.11. The first-order valence-corrected chi connectivity index (χ1v) is 11.4. The Hall–Kier alpha value is -1.80. The summed E-state index contributed by atoms with van der Waals surface area (Å²) < 4.78 is 8.60. The van der Waals surface area contributed by atoms with Gasteiger partial charge in [-0.15, -0.1) is 11.3 Å². The first-order valence-electron chi connectivity index (χ1n) is 9.78. The number of halogens is 1. The minimum absolute atomic E-state index is 0.00842. The van der Waals surface area contributed by atoms with Crippen LogP contribution in [0.15, 0.2) is 34.2 Å². The topological polar surface area (TPSA) is 54.8 Å². The summed E-state index contributed by atoms with van der Waals surface area (Å²) in [6.45, 7) is 7.47. The predicted molar refractivity (Wildman–Crippen MR) is 118 cm³/mol. The lowest BCUT2D eigenvalue weighted by atomic mass is 10.0. The average Bonchev–Trinajstić information content (AvgIpc) is 3.29. The summed E-state index contributed by atoms with van der Waals surface area (Å²) in [5, 5.41) is 0. The number of nitrogens with zero attached hydrogens (tertiary/aromatic N) is 3. The van der Waals surface area contributed by atoms with Gasteiger partial charge >= 0.3 is 6.09 Å². The molecule has 0 aliphatic carbocycles. The van der Waals surface area contributed by atoms with Gasteiger partial charge in [-0.05, 0) is 73.8 Å². The van der Waals surface area contributed by atoms with Crippen molar-refractivity contribution in [3.63, 3.8) is 0 Å². The molecule has 3 rings (SSSR count). The van der Waals surface area contributed by atoms with Gasteiger partial charge in [0.1, 0.15) is 11.3 Å². The Morgan fingerprint density at radius 2 is 1.93 bits per heavy atom. The first-order chi connectivity index (χ1) is 13.6. The Labute approximate surface area is 184 Å². The van der Waals surface area contributed by atoms with Crippen LogP contribution in [-0.4, -0.2) is 52.1 Å². The Morgan fingerprint density at radius 3 is 2.52 bits per heavy atom. The second-order valence-electron chi connectivity index (χ2n) is 8.37. The fourth-order valence-corrected chi connectivity index (χ4v) is 5.02. The quantitative estimate of drug-likeness (QED) is 0.605. The maximum absolute atomic E-state index is 13.0. The third kappa shape index (κ3) is 5.63. The van der Waals surface area contributed by atoms with Crippen molar-refractivity contribution in [1.82, 2.24) is 14.4 Å². The molecule has 0 aromatic carbocycles. The summed E-state index contributed by atoms with van der Waals surface area (Å²) in [6.07, 6.45) is 3.31. The summed E-state index contributed by atoms with van der Waals surface area (Å²) in [5.41, 5.74) is 0.204. The van der Waals surface area contributed by atoms with E-state index in [1.54, 1.807) is 21.1 Å². The molecule has 1 saturated heterocycles. The monoisotopic (exact) mass is 481 g/mol. The molecule has 0 N–H and O–H groups in total. The molecular formula is C21H28BrN3O3S. The number of ether oxygens (including phenoxy) is 1. The second-order valence-corrected chi connectivity index (χ2v) is 10.9. The number of piperidine rings is 1. The zero-order valence-electron chi connectivity index (χ0n) is 17.4. The minimum atomic E-state index is -0.489.